The molecule has 0 saturated carbocycles. The van der Waals surface area contributed by atoms with Gasteiger partial charge in [0, 0.05) is 20.0 Å². The van der Waals surface area contributed by atoms with Gasteiger partial charge in [0.25, 0.3) is 0 Å². The highest BCUT2D eigenvalue weighted by atomic mass is 16.5. The van der Waals surface area contributed by atoms with Crippen LogP contribution in [-0.4, -0.2) is 25.0 Å². The van der Waals surface area contributed by atoms with Crippen LogP contribution in [0.15, 0.2) is 54.6 Å². The van der Waals surface area contributed by atoms with Gasteiger partial charge in [0.15, 0.2) is 0 Å². The van der Waals surface area contributed by atoms with E-state index in [1.54, 1.807) is 12.0 Å². The van der Waals surface area contributed by atoms with Crippen LogP contribution in [0.5, 0.6) is 5.75 Å². The summed E-state index contributed by atoms with van der Waals surface area (Å²) in [5, 5.41) is 0. The molecule has 0 bridgehead atoms. The fraction of sp³-hybridized carbons (Fsp3) is 0.278. The maximum absolute atomic E-state index is 12.1. The zero-order chi connectivity index (χ0) is 15.1. The summed E-state index contributed by atoms with van der Waals surface area (Å²) in [4.78, 5) is 13.9. The summed E-state index contributed by atoms with van der Waals surface area (Å²) >= 11 is 0. The maximum Gasteiger partial charge on any atom is 0.222 e. The molecule has 0 unspecified atom stereocenters. The lowest BCUT2D eigenvalue weighted by Gasteiger charge is -2.17. The Bertz CT molecular complexity index is 564. The predicted octanol–water partition coefficient (Wildman–Crippen LogP) is 3.29. The molecule has 0 heterocycles. The highest BCUT2D eigenvalue weighted by Gasteiger charge is 2.09. The molecule has 2 rings (SSSR count). The van der Waals surface area contributed by atoms with Crippen molar-refractivity contribution in [3.63, 3.8) is 0 Å². The SMILES string of the molecule is COc1ccc(CN(C)C(=O)CCc2ccccc2)cc1. The number of hydrogen-bond donors (Lipinski definition) is 0. The molecule has 0 radical (unpaired) electrons. The van der Waals surface area contributed by atoms with Crippen LogP contribution >= 0.6 is 0 Å². The highest BCUT2D eigenvalue weighted by Crippen LogP contribution is 2.13. The zero-order valence-corrected chi connectivity index (χ0v) is 12.6. The van der Waals surface area contributed by atoms with Gasteiger partial charge in [-0.05, 0) is 29.7 Å². The second-order valence-electron chi connectivity index (χ2n) is 5.08. The first-order chi connectivity index (χ1) is 10.2. The molecular formula is C18H21NO2. The highest BCUT2D eigenvalue weighted by molar-refractivity contribution is 5.76. The minimum atomic E-state index is 0.162. The largest absolute Gasteiger partial charge is 0.497 e. The number of hydrogen-bond acceptors (Lipinski definition) is 2. The molecule has 0 saturated heterocycles. The molecule has 0 aliphatic carbocycles. The summed E-state index contributed by atoms with van der Waals surface area (Å²) in [6.45, 7) is 0.623. The number of nitrogens with zero attached hydrogens (tertiary/aromatic N) is 1. The van der Waals surface area contributed by atoms with Gasteiger partial charge in [-0.25, -0.2) is 0 Å². The zero-order valence-electron chi connectivity index (χ0n) is 12.6. The standard InChI is InChI=1S/C18H21NO2/c1-19(14-16-8-11-17(21-2)12-9-16)18(20)13-10-15-6-4-3-5-7-15/h3-9,11-12H,10,13-14H2,1-2H3. The van der Waals surface area contributed by atoms with Crippen molar-refractivity contribution in [3.8, 4) is 5.75 Å². The average molecular weight is 283 g/mol. The average Bonchev–Trinajstić information content (AvgIpc) is 2.54. The van der Waals surface area contributed by atoms with Gasteiger partial charge < -0.3 is 9.64 Å². The molecule has 21 heavy (non-hydrogen) atoms. The van der Waals surface area contributed by atoms with Crippen molar-refractivity contribution < 1.29 is 9.53 Å². The number of carbonyl (C=O) groups is 1. The van der Waals surface area contributed by atoms with E-state index >= 15 is 0 Å². The van der Waals surface area contributed by atoms with E-state index in [1.807, 2.05) is 49.5 Å². The van der Waals surface area contributed by atoms with Crippen molar-refractivity contribution in [2.45, 2.75) is 19.4 Å². The molecule has 0 N–H and O–H groups in total. The fourth-order valence-electron chi connectivity index (χ4n) is 2.18. The lowest BCUT2D eigenvalue weighted by Crippen LogP contribution is -2.26. The van der Waals surface area contributed by atoms with Crippen LogP contribution in [0, 0.1) is 0 Å². The van der Waals surface area contributed by atoms with Crippen molar-refractivity contribution in [1.82, 2.24) is 4.90 Å². The van der Waals surface area contributed by atoms with Crippen LogP contribution in [0.25, 0.3) is 0 Å². The summed E-state index contributed by atoms with van der Waals surface area (Å²) in [7, 11) is 3.49. The smallest absolute Gasteiger partial charge is 0.222 e. The number of amides is 1. The first-order valence-electron chi connectivity index (χ1n) is 7.10. The van der Waals surface area contributed by atoms with Crippen LogP contribution in [0.1, 0.15) is 17.5 Å². The Hall–Kier alpha value is -2.29. The van der Waals surface area contributed by atoms with Crippen molar-refractivity contribution in [1.29, 1.82) is 0 Å². The number of rotatable bonds is 6. The van der Waals surface area contributed by atoms with Crippen LogP contribution < -0.4 is 4.74 Å². The molecule has 0 atom stereocenters. The van der Waals surface area contributed by atoms with Crippen molar-refractivity contribution in [2.75, 3.05) is 14.2 Å². The van der Waals surface area contributed by atoms with Crippen LogP contribution in [0.3, 0.4) is 0 Å². The molecule has 3 nitrogen and oxygen atoms in total. The number of methoxy groups -OCH3 is 1. The molecule has 3 heteroatoms. The normalized spacial score (nSPS) is 10.2. The number of aryl methyl sites for hydroxylation is 1. The Morgan fingerprint density at radius 1 is 1.00 bits per heavy atom. The van der Waals surface area contributed by atoms with E-state index in [4.69, 9.17) is 4.74 Å². The van der Waals surface area contributed by atoms with E-state index in [9.17, 15) is 4.79 Å². The van der Waals surface area contributed by atoms with Crippen LogP contribution in [-0.2, 0) is 17.8 Å². The first-order valence-corrected chi connectivity index (χ1v) is 7.10. The lowest BCUT2D eigenvalue weighted by atomic mass is 10.1. The fourth-order valence-corrected chi connectivity index (χ4v) is 2.18. The minimum absolute atomic E-state index is 0.162. The molecule has 110 valence electrons. The molecular weight excluding hydrogens is 262 g/mol. The van der Waals surface area contributed by atoms with Gasteiger partial charge >= 0.3 is 0 Å². The Labute approximate surface area is 126 Å². The van der Waals surface area contributed by atoms with E-state index in [1.165, 1.54) is 5.56 Å². The van der Waals surface area contributed by atoms with Crippen molar-refractivity contribution >= 4 is 5.91 Å². The summed E-state index contributed by atoms with van der Waals surface area (Å²) in [6, 6.07) is 17.9. The molecule has 0 aliphatic heterocycles. The summed E-state index contributed by atoms with van der Waals surface area (Å²) in [6.07, 6.45) is 1.32. The Kier molecular flexibility index (Phi) is 5.38. The van der Waals surface area contributed by atoms with Gasteiger partial charge in [-0.2, -0.15) is 0 Å². The third-order valence-electron chi connectivity index (χ3n) is 3.47. The molecule has 2 aromatic carbocycles. The third kappa shape index (κ3) is 4.63. The third-order valence-corrected chi connectivity index (χ3v) is 3.47. The topological polar surface area (TPSA) is 29.5 Å². The van der Waals surface area contributed by atoms with Gasteiger partial charge in [-0.1, -0.05) is 42.5 Å². The maximum atomic E-state index is 12.1. The van der Waals surface area contributed by atoms with Gasteiger partial charge in [0.2, 0.25) is 5.91 Å². The Morgan fingerprint density at radius 2 is 1.67 bits per heavy atom. The summed E-state index contributed by atoms with van der Waals surface area (Å²) < 4.78 is 5.13. The van der Waals surface area contributed by atoms with E-state index in [-0.39, 0.29) is 5.91 Å². The van der Waals surface area contributed by atoms with E-state index in [0.717, 1.165) is 17.7 Å². The van der Waals surface area contributed by atoms with Crippen LogP contribution in [0.2, 0.25) is 0 Å². The predicted molar refractivity (Wildman–Crippen MR) is 84.2 cm³/mol. The van der Waals surface area contributed by atoms with Crippen molar-refractivity contribution in [2.24, 2.45) is 0 Å². The van der Waals surface area contributed by atoms with E-state index < -0.39 is 0 Å². The number of carbonyl (C=O) groups excluding carboxylic acids is 1. The van der Waals surface area contributed by atoms with Gasteiger partial charge in [-0.15, -0.1) is 0 Å². The quantitative estimate of drug-likeness (QED) is 0.814. The van der Waals surface area contributed by atoms with Gasteiger partial charge in [0.05, 0.1) is 7.11 Å². The Morgan fingerprint density at radius 3 is 2.29 bits per heavy atom. The molecule has 2 aromatic rings. The summed E-state index contributed by atoms with van der Waals surface area (Å²) in [5.74, 6) is 0.992. The number of benzene rings is 2. The molecule has 1 amide bonds. The monoisotopic (exact) mass is 283 g/mol. The van der Waals surface area contributed by atoms with Crippen LogP contribution in [0.4, 0.5) is 0 Å². The van der Waals surface area contributed by atoms with Crippen molar-refractivity contribution in [3.05, 3.63) is 65.7 Å². The van der Waals surface area contributed by atoms with Gasteiger partial charge in [0.1, 0.15) is 5.75 Å². The van der Waals surface area contributed by atoms with E-state index in [0.29, 0.717) is 13.0 Å². The summed E-state index contributed by atoms with van der Waals surface area (Å²) in [5.41, 5.74) is 2.30. The molecule has 0 aromatic heterocycles. The van der Waals surface area contributed by atoms with E-state index in [2.05, 4.69) is 12.1 Å². The van der Waals surface area contributed by atoms with Gasteiger partial charge in [-0.3, -0.25) is 4.79 Å². The first kappa shape index (κ1) is 15.1. The second-order valence-corrected chi connectivity index (χ2v) is 5.08. The Balaban J connectivity index is 1.84. The molecule has 0 spiro atoms. The lowest BCUT2D eigenvalue weighted by molar-refractivity contribution is -0.130. The number of ether oxygens (including phenoxy) is 1. The minimum Gasteiger partial charge on any atom is -0.497 e. The molecule has 0 fully saturated rings. The second kappa shape index (κ2) is 7.48. The molecule has 0 aliphatic rings.